The molecule has 0 saturated carbocycles. The summed E-state index contributed by atoms with van der Waals surface area (Å²) >= 11 is 0. The first-order chi connectivity index (χ1) is 8.80. The van der Waals surface area contributed by atoms with E-state index in [-0.39, 0.29) is 6.61 Å². The highest BCUT2D eigenvalue weighted by molar-refractivity contribution is 5.47. The molecule has 0 atom stereocenters. The Morgan fingerprint density at radius 2 is 1.94 bits per heavy atom. The van der Waals surface area contributed by atoms with Crippen LogP contribution in [-0.4, -0.2) is 41.9 Å². The molecule has 0 spiro atoms. The van der Waals surface area contributed by atoms with Crippen LogP contribution in [0, 0.1) is 0 Å². The van der Waals surface area contributed by atoms with Gasteiger partial charge < -0.3 is 20.5 Å². The molecule has 18 heavy (non-hydrogen) atoms. The Labute approximate surface area is 108 Å². The molecule has 1 rings (SSSR count). The van der Waals surface area contributed by atoms with Crippen molar-refractivity contribution >= 4 is 11.6 Å². The third-order valence-electron chi connectivity index (χ3n) is 2.29. The molecule has 1 aromatic rings. The number of hydrogen-bond acceptors (Lipinski definition) is 6. The lowest BCUT2D eigenvalue weighted by atomic mass is 10.3. The van der Waals surface area contributed by atoms with Crippen LogP contribution in [0.4, 0.5) is 11.6 Å². The molecule has 3 N–H and O–H groups in total. The van der Waals surface area contributed by atoms with E-state index in [0.717, 1.165) is 37.6 Å². The predicted octanol–water partition coefficient (Wildman–Crippen LogP) is 1.24. The van der Waals surface area contributed by atoms with E-state index in [0.29, 0.717) is 12.4 Å². The van der Waals surface area contributed by atoms with Gasteiger partial charge in [-0.1, -0.05) is 0 Å². The fourth-order valence-electron chi connectivity index (χ4n) is 1.51. The number of rotatable bonds is 9. The number of hydrogen-bond donors (Lipinski definition) is 3. The lowest BCUT2D eigenvalue weighted by molar-refractivity contribution is 0.178. The first kappa shape index (κ1) is 14.7. The van der Waals surface area contributed by atoms with E-state index in [9.17, 15) is 0 Å². The zero-order valence-electron chi connectivity index (χ0n) is 11.1. The van der Waals surface area contributed by atoms with Gasteiger partial charge in [0.25, 0.3) is 0 Å². The summed E-state index contributed by atoms with van der Waals surface area (Å²) in [5, 5.41) is 15.1. The minimum absolute atomic E-state index is 0.225. The Hall–Kier alpha value is -1.40. The smallest absolute Gasteiger partial charge is 0.158 e. The first-order valence-corrected chi connectivity index (χ1v) is 6.25. The molecule has 0 unspecified atom stereocenters. The molecule has 6 heteroatoms. The highest BCUT2D eigenvalue weighted by Crippen LogP contribution is 2.12. The zero-order valence-corrected chi connectivity index (χ0v) is 11.1. The van der Waals surface area contributed by atoms with Gasteiger partial charge in [-0.05, 0) is 19.8 Å². The second-order valence-corrected chi connectivity index (χ2v) is 3.88. The average molecular weight is 254 g/mol. The van der Waals surface area contributed by atoms with E-state index in [1.54, 1.807) is 7.11 Å². The highest BCUT2D eigenvalue weighted by atomic mass is 16.5. The zero-order chi connectivity index (χ0) is 13.2. The lowest BCUT2D eigenvalue weighted by Crippen LogP contribution is -2.09. The predicted molar refractivity (Wildman–Crippen MR) is 71.7 cm³/mol. The van der Waals surface area contributed by atoms with E-state index in [1.165, 1.54) is 0 Å². The minimum atomic E-state index is 0.225. The number of nitrogens with one attached hydrogen (secondary N) is 2. The average Bonchev–Trinajstić information content (AvgIpc) is 2.35. The van der Waals surface area contributed by atoms with Crippen LogP contribution in [0.5, 0.6) is 0 Å². The Morgan fingerprint density at radius 1 is 1.22 bits per heavy atom. The van der Waals surface area contributed by atoms with Crippen molar-refractivity contribution in [2.45, 2.75) is 26.4 Å². The van der Waals surface area contributed by atoms with Crippen molar-refractivity contribution in [3.63, 3.8) is 0 Å². The van der Waals surface area contributed by atoms with Crippen molar-refractivity contribution in [2.24, 2.45) is 0 Å². The van der Waals surface area contributed by atoms with Crippen molar-refractivity contribution in [3.8, 4) is 0 Å². The van der Waals surface area contributed by atoms with Crippen LogP contribution in [0.2, 0.25) is 0 Å². The summed E-state index contributed by atoms with van der Waals surface area (Å²) in [6, 6.07) is 1.88. The maximum absolute atomic E-state index is 8.71. The van der Waals surface area contributed by atoms with E-state index in [1.807, 2.05) is 13.0 Å². The van der Waals surface area contributed by atoms with Crippen molar-refractivity contribution < 1.29 is 9.84 Å². The third-order valence-corrected chi connectivity index (χ3v) is 2.29. The second kappa shape index (κ2) is 8.66. The largest absolute Gasteiger partial charge is 0.396 e. The van der Waals surface area contributed by atoms with Gasteiger partial charge in [-0.25, -0.2) is 9.97 Å². The van der Waals surface area contributed by atoms with Crippen molar-refractivity contribution in [1.29, 1.82) is 0 Å². The molecule has 0 aromatic carbocycles. The molecule has 102 valence electrons. The summed E-state index contributed by atoms with van der Waals surface area (Å²) in [5.74, 6) is 2.23. The molecular formula is C12H22N4O2. The van der Waals surface area contributed by atoms with Gasteiger partial charge in [-0.15, -0.1) is 0 Å². The molecule has 0 fully saturated rings. The van der Waals surface area contributed by atoms with Gasteiger partial charge in [0.1, 0.15) is 18.2 Å². The Morgan fingerprint density at radius 3 is 2.56 bits per heavy atom. The fraction of sp³-hybridized carbons (Fsp3) is 0.667. The summed E-state index contributed by atoms with van der Waals surface area (Å²) in [6.07, 6.45) is 1.71. The fourth-order valence-corrected chi connectivity index (χ4v) is 1.51. The number of ether oxygens (including phenoxy) is 1. The van der Waals surface area contributed by atoms with Crippen molar-refractivity contribution in [3.05, 3.63) is 11.9 Å². The van der Waals surface area contributed by atoms with Crippen molar-refractivity contribution in [1.82, 2.24) is 9.97 Å². The van der Waals surface area contributed by atoms with Crippen molar-refractivity contribution in [2.75, 3.05) is 37.4 Å². The standard InChI is InChI=1S/C12H22N4O2/c1-3-13-10-8-11(14-6-4-5-7-17)16-12(15-10)9-18-2/h8,17H,3-7,9H2,1-2H3,(H2,13,14,15,16). The summed E-state index contributed by atoms with van der Waals surface area (Å²) in [6.45, 7) is 4.24. The number of aromatic nitrogens is 2. The van der Waals surface area contributed by atoms with Gasteiger partial charge in [0.05, 0.1) is 0 Å². The van der Waals surface area contributed by atoms with Crippen LogP contribution in [0.25, 0.3) is 0 Å². The van der Waals surface area contributed by atoms with Crippen LogP contribution in [-0.2, 0) is 11.3 Å². The number of methoxy groups -OCH3 is 1. The minimum Gasteiger partial charge on any atom is -0.396 e. The van der Waals surface area contributed by atoms with Crippen LogP contribution in [0.3, 0.4) is 0 Å². The van der Waals surface area contributed by atoms with Gasteiger partial charge in [-0.3, -0.25) is 0 Å². The summed E-state index contributed by atoms with van der Waals surface area (Å²) in [5.41, 5.74) is 0. The van der Waals surface area contributed by atoms with Crippen LogP contribution < -0.4 is 10.6 Å². The molecule has 0 radical (unpaired) electrons. The molecule has 0 amide bonds. The molecule has 1 aromatic heterocycles. The summed E-state index contributed by atoms with van der Waals surface area (Å²) < 4.78 is 5.05. The maximum atomic E-state index is 8.71. The molecule has 0 bridgehead atoms. The van der Waals surface area contributed by atoms with Gasteiger partial charge >= 0.3 is 0 Å². The monoisotopic (exact) mass is 254 g/mol. The topological polar surface area (TPSA) is 79.3 Å². The molecular weight excluding hydrogens is 232 g/mol. The SMILES string of the molecule is CCNc1cc(NCCCCO)nc(COC)n1. The normalized spacial score (nSPS) is 10.4. The van der Waals surface area contributed by atoms with Gasteiger partial charge in [-0.2, -0.15) is 0 Å². The van der Waals surface area contributed by atoms with E-state index >= 15 is 0 Å². The first-order valence-electron chi connectivity index (χ1n) is 6.25. The number of aliphatic hydroxyl groups excluding tert-OH is 1. The number of unbranched alkanes of at least 4 members (excludes halogenated alkanes) is 1. The Balaban J connectivity index is 2.63. The number of aliphatic hydroxyl groups is 1. The molecule has 1 heterocycles. The molecule has 6 nitrogen and oxygen atoms in total. The molecule has 0 aliphatic heterocycles. The van der Waals surface area contributed by atoms with Crippen LogP contribution in [0.15, 0.2) is 6.07 Å². The van der Waals surface area contributed by atoms with E-state index in [4.69, 9.17) is 9.84 Å². The van der Waals surface area contributed by atoms with Crippen LogP contribution >= 0.6 is 0 Å². The highest BCUT2D eigenvalue weighted by Gasteiger charge is 2.03. The van der Waals surface area contributed by atoms with Gasteiger partial charge in [0.15, 0.2) is 5.82 Å². The summed E-state index contributed by atoms with van der Waals surface area (Å²) in [7, 11) is 1.62. The second-order valence-electron chi connectivity index (χ2n) is 3.88. The lowest BCUT2D eigenvalue weighted by Gasteiger charge is -2.10. The quantitative estimate of drug-likeness (QED) is 0.575. The number of nitrogens with zero attached hydrogens (tertiary/aromatic N) is 2. The summed E-state index contributed by atoms with van der Waals surface area (Å²) in [4.78, 5) is 8.68. The van der Waals surface area contributed by atoms with E-state index in [2.05, 4.69) is 20.6 Å². The van der Waals surface area contributed by atoms with Gasteiger partial charge in [0, 0.05) is 32.9 Å². The molecule has 0 aliphatic rings. The maximum Gasteiger partial charge on any atom is 0.158 e. The third kappa shape index (κ3) is 5.29. The molecule has 0 saturated heterocycles. The van der Waals surface area contributed by atoms with Gasteiger partial charge in [0.2, 0.25) is 0 Å². The van der Waals surface area contributed by atoms with E-state index < -0.39 is 0 Å². The molecule has 0 aliphatic carbocycles. The Kier molecular flexibility index (Phi) is 7.05. The Bertz CT molecular complexity index is 323. The van der Waals surface area contributed by atoms with Crippen LogP contribution in [0.1, 0.15) is 25.6 Å². The number of anilines is 2.